The van der Waals surface area contributed by atoms with Crippen LogP contribution in [0.1, 0.15) is 18.1 Å². The van der Waals surface area contributed by atoms with Crippen molar-refractivity contribution >= 4 is 17.5 Å². The molecular weight excluding hydrogens is 350 g/mol. The fourth-order valence-electron chi connectivity index (χ4n) is 2.51. The Hall–Kier alpha value is -2.79. The summed E-state index contributed by atoms with van der Waals surface area (Å²) in [6.07, 6.45) is 0.945. The van der Waals surface area contributed by atoms with Crippen LogP contribution in [0, 0.1) is 6.92 Å². The first-order valence-electron chi connectivity index (χ1n) is 8.33. The molecule has 1 amide bonds. The minimum absolute atomic E-state index is 0.225. The van der Waals surface area contributed by atoms with E-state index < -0.39 is 6.10 Å². The highest BCUT2D eigenvalue weighted by Gasteiger charge is 2.18. The van der Waals surface area contributed by atoms with Gasteiger partial charge in [0.1, 0.15) is 5.02 Å². The first kappa shape index (κ1) is 18.0. The van der Waals surface area contributed by atoms with E-state index in [4.69, 9.17) is 16.3 Å². The maximum Gasteiger partial charge on any atom is 0.261 e. The van der Waals surface area contributed by atoms with Crippen LogP contribution in [0.4, 0.5) is 0 Å². The third kappa shape index (κ3) is 4.43. The van der Waals surface area contributed by atoms with E-state index in [1.807, 2.05) is 61.5 Å². The number of hydrogen-bond acceptors (Lipinski definition) is 3. The number of nitrogens with zero attached hydrogens (tertiary/aromatic N) is 2. The van der Waals surface area contributed by atoms with Gasteiger partial charge in [-0.15, -0.1) is 5.10 Å². The molecule has 1 N–H and O–H groups in total. The normalized spacial score (nSPS) is 11.8. The molecule has 0 spiro atoms. The summed E-state index contributed by atoms with van der Waals surface area (Å²) in [6, 6.07) is 17.5. The monoisotopic (exact) mass is 369 g/mol. The summed E-state index contributed by atoms with van der Waals surface area (Å²) < 4.78 is 7.27. The molecule has 3 rings (SSSR count). The third-order valence-corrected chi connectivity index (χ3v) is 4.13. The van der Waals surface area contributed by atoms with Crippen LogP contribution in [0.15, 0.2) is 60.8 Å². The quantitative estimate of drug-likeness (QED) is 0.716. The zero-order chi connectivity index (χ0) is 18.5. The Morgan fingerprint density at radius 1 is 1.23 bits per heavy atom. The fourth-order valence-corrected chi connectivity index (χ4v) is 2.68. The van der Waals surface area contributed by atoms with Crippen molar-refractivity contribution in [1.82, 2.24) is 15.1 Å². The Bertz CT molecular complexity index is 893. The molecule has 26 heavy (non-hydrogen) atoms. The van der Waals surface area contributed by atoms with Crippen molar-refractivity contribution in [2.75, 3.05) is 0 Å². The molecular formula is C20H20ClN3O2. The number of amides is 1. The summed E-state index contributed by atoms with van der Waals surface area (Å²) in [6.45, 7) is 4.13. The fraction of sp³-hybridized carbons (Fsp3) is 0.200. The van der Waals surface area contributed by atoms with E-state index in [-0.39, 0.29) is 11.8 Å². The number of carbonyl (C=O) groups excluding carboxylic acids is 1. The molecule has 2 aromatic carbocycles. The standard InChI is InChI=1S/C20H20ClN3O2/c1-14-7-6-8-16(11-14)12-22-19(25)15(2)26-20-18(21)13-24(23-20)17-9-4-3-5-10-17/h3-11,13,15H,12H2,1-2H3,(H,22,25)/t15-/m1/s1. The highest BCUT2D eigenvalue weighted by molar-refractivity contribution is 6.31. The van der Waals surface area contributed by atoms with Crippen LogP contribution < -0.4 is 10.1 Å². The average molecular weight is 370 g/mol. The van der Waals surface area contributed by atoms with Crippen LogP contribution in [-0.4, -0.2) is 21.8 Å². The Balaban J connectivity index is 1.61. The van der Waals surface area contributed by atoms with Gasteiger partial charge < -0.3 is 10.1 Å². The van der Waals surface area contributed by atoms with Crippen molar-refractivity contribution in [2.24, 2.45) is 0 Å². The molecule has 0 radical (unpaired) electrons. The lowest BCUT2D eigenvalue weighted by atomic mass is 10.1. The Morgan fingerprint density at radius 2 is 2.00 bits per heavy atom. The van der Waals surface area contributed by atoms with Crippen molar-refractivity contribution in [3.63, 3.8) is 0 Å². The molecule has 0 saturated carbocycles. The van der Waals surface area contributed by atoms with Gasteiger partial charge in [-0.05, 0) is 31.5 Å². The number of aromatic nitrogens is 2. The first-order chi connectivity index (χ1) is 12.5. The maximum absolute atomic E-state index is 12.3. The van der Waals surface area contributed by atoms with Crippen molar-refractivity contribution in [2.45, 2.75) is 26.5 Å². The predicted molar refractivity (Wildman–Crippen MR) is 102 cm³/mol. The van der Waals surface area contributed by atoms with Crippen molar-refractivity contribution in [3.8, 4) is 11.6 Å². The minimum atomic E-state index is -0.712. The minimum Gasteiger partial charge on any atom is -0.462 e. The second-order valence-electron chi connectivity index (χ2n) is 6.03. The summed E-state index contributed by atoms with van der Waals surface area (Å²) in [5, 5.41) is 7.53. The molecule has 0 aliphatic heterocycles. The number of halogens is 1. The summed E-state index contributed by atoms with van der Waals surface area (Å²) in [5.74, 6) is 0.00515. The maximum atomic E-state index is 12.3. The van der Waals surface area contributed by atoms with Crippen molar-refractivity contribution in [1.29, 1.82) is 0 Å². The van der Waals surface area contributed by atoms with Crippen LogP contribution in [-0.2, 0) is 11.3 Å². The number of benzene rings is 2. The van der Waals surface area contributed by atoms with E-state index in [1.165, 1.54) is 0 Å². The topological polar surface area (TPSA) is 56.1 Å². The Kier molecular flexibility index (Phi) is 5.58. The van der Waals surface area contributed by atoms with Crippen LogP contribution >= 0.6 is 11.6 Å². The zero-order valence-corrected chi connectivity index (χ0v) is 15.4. The van der Waals surface area contributed by atoms with E-state index in [2.05, 4.69) is 10.4 Å². The molecule has 3 aromatic rings. The van der Waals surface area contributed by atoms with Gasteiger partial charge in [-0.1, -0.05) is 59.6 Å². The number of nitrogens with one attached hydrogen (secondary N) is 1. The van der Waals surface area contributed by atoms with Gasteiger partial charge in [0, 0.05) is 6.54 Å². The van der Waals surface area contributed by atoms with E-state index in [0.717, 1.165) is 16.8 Å². The number of rotatable bonds is 6. The molecule has 134 valence electrons. The van der Waals surface area contributed by atoms with Crippen molar-refractivity contribution < 1.29 is 9.53 Å². The molecule has 0 saturated heterocycles. The molecule has 0 fully saturated rings. The highest BCUT2D eigenvalue weighted by atomic mass is 35.5. The molecule has 0 bridgehead atoms. The second kappa shape index (κ2) is 8.06. The van der Waals surface area contributed by atoms with Crippen LogP contribution in [0.3, 0.4) is 0 Å². The van der Waals surface area contributed by atoms with Gasteiger partial charge >= 0.3 is 0 Å². The smallest absolute Gasteiger partial charge is 0.261 e. The van der Waals surface area contributed by atoms with Gasteiger partial charge in [-0.3, -0.25) is 4.79 Å². The molecule has 1 heterocycles. The molecule has 0 unspecified atom stereocenters. The van der Waals surface area contributed by atoms with E-state index in [9.17, 15) is 4.79 Å². The summed E-state index contributed by atoms with van der Waals surface area (Å²) in [7, 11) is 0. The summed E-state index contributed by atoms with van der Waals surface area (Å²) in [4.78, 5) is 12.3. The summed E-state index contributed by atoms with van der Waals surface area (Å²) >= 11 is 6.19. The molecule has 6 heteroatoms. The number of ether oxygens (including phenoxy) is 1. The number of aryl methyl sites for hydroxylation is 1. The zero-order valence-electron chi connectivity index (χ0n) is 14.6. The molecule has 1 aromatic heterocycles. The number of carbonyl (C=O) groups is 1. The van der Waals surface area contributed by atoms with E-state index in [0.29, 0.717) is 11.6 Å². The van der Waals surface area contributed by atoms with Crippen LogP contribution in [0.5, 0.6) is 5.88 Å². The second-order valence-corrected chi connectivity index (χ2v) is 6.44. The molecule has 1 atom stereocenters. The van der Waals surface area contributed by atoms with Crippen LogP contribution in [0.25, 0.3) is 5.69 Å². The third-order valence-electron chi connectivity index (χ3n) is 3.87. The molecule has 0 aliphatic rings. The first-order valence-corrected chi connectivity index (χ1v) is 8.71. The number of para-hydroxylation sites is 1. The Labute approximate surface area is 157 Å². The van der Waals surface area contributed by atoms with E-state index in [1.54, 1.807) is 17.8 Å². The number of hydrogen-bond donors (Lipinski definition) is 1. The van der Waals surface area contributed by atoms with Gasteiger partial charge in [0.05, 0.1) is 11.9 Å². The van der Waals surface area contributed by atoms with Crippen molar-refractivity contribution in [3.05, 3.63) is 76.9 Å². The lowest BCUT2D eigenvalue weighted by molar-refractivity contribution is -0.127. The average Bonchev–Trinajstić information content (AvgIpc) is 3.01. The summed E-state index contributed by atoms with van der Waals surface area (Å²) in [5.41, 5.74) is 3.05. The van der Waals surface area contributed by atoms with Gasteiger partial charge in [0.2, 0.25) is 0 Å². The van der Waals surface area contributed by atoms with Gasteiger partial charge in [0.15, 0.2) is 6.10 Å². The van der Waals surface area contributed by atoms with Gasteiger partial charge in [0.25, 0.3) is 11.8 Å². The van der Waals surface area contributed by atoms with Gasteiger partial charge in [-0.25, -0.2) is 4.68 Å². The Morgan fingerprint density at radius 3 is 2.73 bits per heavy atom. The van der Waals surface area contributed by atoms with E-state index >= 15 is 0 Å². The largest absolute Gasteiger partial charge is 0.462 e. The SMILES string of the molecule is Cc1cccc(CNC(=O)[C@@H](C)Oc2nn(-c3ccccc3)cc2Cl)c1. The van der Waals surface area contributed by atoms with Crippen LogP contribution in [0.2, 0.25) is 5.02 Å². The molecule has 5 nitrogen and oxygen atoms in total. The van der Waals surface area contributed by atoms with Gasteiger partial charge in [-0.2, -0.15) is 0 Å². The lowest BCUT2D eigenvalue weighted by Crippen LogP contribution is -2.36. The highest BCUT2D eigenvalue weighted by Crippen LogP contribution is 2.25. The lowest BCUT2D eigenvalue weighted by Gasteiger charge is -2.13. The predicted octanol–water partition coefficient (Wildman–Crippen LogP) is 3.92. The molecule has 0 aliphatic carbocycles.